The fourth-order valence-corrected chi connectivity index (χ4v) is 3.11. The summed E-state index contributed by atoms with van der Waals surface area (Å²) in [4.78, 5) is 4.56. The normalized spacial score (nSPS) is 23.9. The summed E-state index contributed by atoms with van der Waals surface area (Å²) in [5.41, 5.74) is 1.87. The zero-order valence-electron chi connectivity index (χ0n) is 10.1. The maximum absolute atomic E-state index is 6.31. The number of benzene rings is 1. The van der Waals surface area contributed by atoms with Crippen molar-refractivity contribution in [1.29, 1.82) is 0 Å². The standard InChI is InChI=1S/C13H14Cl2N2O/c1-8-11(5-6-18-8)17-12(7-14)16-10-4-2-3-9(15)13(10)17/h2-4,8,11H,5-7H2,1H3. The van der Waals surface area contributed by atoms with Crippen LogP contribution in [0.5, 0.6) is 0 Å². The number of hydrogen-bond donors (Lipinski definition) is 0. The van der Waals surface area contributed by atoms with Crippen molar-refractivity contribution in [2.24, 2.45) is 0 Å². The zero-order valence-corrected chi connectivity index (χ0v) is 11.6. The molecule has 0 radical (unpaired) electrons. The topological polar surface area (TPSA) is 27.1 Å². The number of ether oxygens (including phenoxy) is 1. The Labute approximate surface area is 116 Å². The molecule has 18 heavy (non-hydrogen) atoms. The van der Waals surface area contributed by atoms with Crippen molar-refractivity contribution in [2.75, 3.05) is 6.61 Å². The number of hydrogen-bond acceptors (Lipinski definition) is 2. The number of imidazole rings is 1. The molecule has 0 saturated carbocycles. The van der Waals surface area contributed by atoms with Crippen LogP contribution in [0.1, 0.15) is 25.2 Å². The van der Waals surface area contributed by atoms with Crippen molar-refractivity contribution >= 4 is 34.2 Å². The van der Waals surface area contributed by atoms with Crippen LogP contribution in [-0.4, -0.2) is 22.3 Å². The Balaban J connectivity index is 2.25. The monoisotopic (exact) mass is 284 g/mol. The van der Waals surface area contributed by atoms with E-state index in [1.165, 1.54) is 0 Å². The van der Waals surface area contributed by atoms with Crippen molar-refractivity contribution in [3.05, 3.63) is 29.0 Å². The van der Waals surface area contributed by atoms with Gasteiger partial charge >= 0.3 is 0 Å². The molecule has 0 amide bonds. The highest BCUT2D eigenvalue weighted by Crippen LogP contribution is 2.34. The fraction of sp³-hybridized carbons (Fsp3) is 0.462. The Bertz CT molecular complexity index is 582. The van der Waals surface area contributed by atoms with Gasteiger partial charge in [-0.2, -0.15) is 0 Å². The van der Waals surface area contributed by atoms with Crippen LogP contribution in [0.2, 0.25) is 5.02 Å². The van der Waals surface area contributed by atoms with Crippen molar-refractivity contribution in [3.63, 3.8) is 0 Å². The fourth-order valence-electron chi connectivity index (χ4n) is 2.67. The summed E-state index contributed by atoms with van der Waals surface area (Å²) < 4.78 is 7.80. The number of alkyl halides is 1. The van der Waals surface area contributed by atoms with Crippen LogP contribution < -0.4 is 0 Å². The lowest BCUT2D eigenvalue weighted by molar-refractivity contribution is 0.108. The second-order valence-electron chi connectivity index (χ2n) is 4.57. The van der Waals surface area contributed by atoms with Crippen LogP contribution in [0.4, 0.5) is 0 Å². The van der Waals surface area contributed by atoms with Gasteiger partial charge in [0.05, 0.1) is 34.1 Å². The van der Waals surface area contributed by atoms with Crippen LogP contribution in [0.25, 0.3) is 11.0 Å². The van der Waals surface area contributed by atoms with Gasteiger partial charge in [-0.3, -0.25) is 0 Å². The number of halogens is 2. The van der Waals surface area contributed by atoms with Crippen LogP contribution >= 0.6 is 23.2 Å². The number of fused-ring (bicyclic) bond motifs is 1. The molecule has 2 heterocycles. The second kappa shape index (κ2) is 4.72. The third-order valence-electron chi connectivity index (χ3n) is 3.52. The van der Waals surface area contributed by atoms with Gasteiger partial charge in [0, 0.05) is 6.61 Å². The molecule has 3 rings (SSSR count). The summed E-state index contributed by atoms with van der Waals surface area (Å²) in [6, 6.07) is 6.03. The third kappa shape index (κ3) is 1.81. The molecule has 0 aliphatic carbocycles. The first-order valence-electron chi connectivity index (χ1n) is 6.05. The molecule has 0 N–H and O–H groups in total. The van der Waals surface area contributed by atoms with E-state index in [9.17, 15) is 0 Å². The van der Waals surface area contributed by atoms with E-state index in [0.29, 0.717) is 5.88 Å². The van der Waals surface area contributed by atoms with Crippen LogP contribution in [0.3, 0.4) is 0 Å². The molecule has 0 bridgehead atoms. The Hall–Kier alpha value is -0.770. The van der Waals surface area contributed by atoms with Crippen molar-refractivity contribution in [3.8, 4) is 0 Å². The average Bonchev–Trinajstić information content (AvgIpc) is 2.92. The molecule has 1 saturated heterocycles. The van der Waals surface area contributed by atoms with Gasteiger partial charge in [0.1, 0.15) is 5.82 Å². The number of nitrogens with zero attached hydrogens (tertiary/aromatic N) is 2. The summed E-state index contributed by atoms with van der Waals surface area (Å²) in [5, 5.41) is 0.718. The molecule has 1 fully saturated rings. The summed E-state index contributed by atoms with van der Waals surface area (Å²) in [6.07, 6.45) is 1.14. The summed E-state index contributed by atoms with van der Waals surface area (Å²) >= 11 is 12.3. The summed E-state index contributed by atoms with van der Waals surface area (Å²) in [7, 11) is 0. The number of aromatic nitrogens is 2. The van der Waals surface area contributed by atoms with E-state index in [0.717, 1.165) is 34.9 Å². The predicted molar refractivity (Wildman–Crippen MR) is 73.4 cm³/mol. The van der Waals surface area contributed by atoms with E-state index >= 15 is 0 Å². The molecule has 3 nitrogen and oxygen atoms in total. The van der Waals surface area contributed by atoms with Gasteiger partial charge in [-0.25, -0.2) is 4.98 Å². The highest BCUT2D eigenvalue weighted by atomic mass is 35.5. The smallest absolute Gasteiger partial charge is 0.125 e. The molecule has 2 atom stereocenters. The van der Waals surface area contributed by atoms with Gasteiger partial charge in [0.25, 0.3) is 0 Å². The van der Waals surface area contributed by atoms with Crippen LogP contribution in [0, 0.1) is 0 Å². The molecule has 96 valence electrons. The molecular formula is C13H14Cl2N2O. The minimum Gasteiger partial charge on any atom is -0.376 e. The third-order valence-corrected chi connectivity index (χ3v) is 4.07. The highest BCUT2D eigenvalue weighted by molar-refractivity contribution is 6.35. The molecule has 1 aliphatic heterocycles. The van der Waals surface area contributed by atoms with E-state index in [1.54, 1.807) is 0 Å². The van der Waals surface area contributed by atoms with E-state index < -0.39 is 0 Å². The molecule has 2 aromatic rings. The van der Waals surface area contributed by atoms with Crippen LogP contribution in [-0.2, 0) is 10.6 Å². The molecule has 1 aromatic carbocycles. The predicted octanol–water partition coefficient (Wildman–Crippen LogP) is 3.78. The first-order chi connectivity index (χ1) is 8.72. The summed E-state index contributed by atoms with van der Waals surface area (Å²) in [6.45, 7) is 2.86. The van der Waals surface area contributed by atoms with Crippen molar-refractivity contribution in [1.82, 2.24) is 9.55 Å². The van der Waals surface area contributed by atoms with Crippen molar-refractivity contribution < 1.29 is 4.74 Å². The van der Waals surface area contributed by atoms with Crippen molar-refractivity contribution in [2.45, 2.75) is 31.4 Å². The average molecular weight is 285 g/mol. The first-order valence-corrected chi connectivity index (χ1v) is 6.96. The maximum atomic E-state index is 6.31. The minimum absolute atomic E-state index is 0.167. The second-order valence-corrected chi connectivity index (χ2v) is 5.25. The molecule has 0 spiro atoms. The summed E-state index contributed by atoms with van der Waals surface area (Å²) in [5.74, 6) is 1.25. The Morgan fingerprint density at radius 1 is 1.50 bits per heavy atom. The highest BCUT2D eigenvalue weighted by Gasteiger charge is 2.29. The lowest BCUT2D eigenvalue weighted by Crippen LogP contribution is -2.18. The van der Waals surface area contributed by atoms with E-state index in [4.69, 9.17) is 27.9 Å². The van der Waals surface area contributed by atoms with Gasteiger partial charge in [-0.05, 0) is 25.5 Å². The van der Waals surface area contributed by atoms with Crippen LogP contribution in [0.15, 0.2) is 18.2 Å². The van der Waals surface area contributed by atoms with Gasteiger partial charge < -0.3 is 9.30 Å². The molecular weight excluding hydrogens is 271 g/mol. The number of para-hydroxylation sites is 1. The van der Waals surface area contributed by atoms with E-state index in [-0.39, 0.29) is 12.1 Å². The first kappa shape index (κ1) is 12.3. The molecule has 5 heteroatoms. The van der Waals surface area contributed by atoms with E-state index in [2.05, 4.69) is 16.5 Å². The largest absolute Gasteiger partial charge is 0.376 e. The molecule has 2 unspecified atom stereocenters. The Morgan fingerprint density at radius 3 is 3.00 bits per heavy atom. The maximum Gasteiger partial charge on any atom is 0.125 e. The lowest BCUT2D eigenvalue weighted by atomic mass is 10.1. The van der Waals surface area contributed by atoms with Gasteiger partial charge in [0.2, 0.25) is 0 Å². The van der Waals surface area contributed by atoms with Gasteiger partial charge in [-0.15, -0.1) is 11.6 Å². The number of rotatable bonds is 2. The zero-order chi connectivity index (χ0) is 12.7. The van der Waals surface area contributed by atoms with E-state index in [1.807, 2.05) is 18.2 Å². The Kier molecular flexibility index (Phi) is 3.22. The Morgan fingerprint density at radius 2 is 2.33 bits per heavy atom. The van der Waals surface area contributed by atoms with Gasteiger partial charge in [0.15, 0.2) is 0 Å². The van der Waals surface area contributed by atoms with Gasteiger partial charge in [-0.1, -0.05) is 17.7 Å². The quantitative estimate of drug-likeness (QED) is 0.785. The molecule has 1 aliphatic rings. The molecule has 1 aromatic heterocycles. The minimum atomic E-state index is 0.167. The lowest BCUT2D eigenvalue weighted by Gasteiger charge is -2.19. The SMILES string of the molecule is CC1OCCC1n1c(CCl)nc2cccc(Cl)c21.